The van der Waals surface area contributed by atoms with Crippen LogP contribution in [0.2, 0.25) is 10.0 Å². The van der Waals surface area contributed by atoms with Gasteiger partial charge in [-0.15, -0.1) is 0 Å². The van der Waals surface area contributed by atoms with Crippen molar-refractivity contribution in [2.75, 3.05) is 6.61 Å². The van der Waals surface area contributed by atoms with E-state index in [1.807, 2.05) is 0 Å². The lowest BCUT2D eigenvalue weighted by atomic mass is 10.2. The van der Waals surface area contributed by atoms with Gasteiger partial charge >= 0.3 is 11.9 Å². The van der Waals surface area contributed by atoms with Crippen molar-refractivity contribution in [3.63, 3.8) is 0 Å². The van der Waals surface area contributed by atoms with Gasteiger partial charge in [-0.2, -0.15) is 0 Å². The lowest BCUT2D eigenvalue weighted by Crippen LogP contribution is -2.15. The lowest BCUT2D eigenvalue weighted by Gasteiger charge is -2.07. The van der Waals surface area contributed by atoms with Crippen molar-refractivity contribution >= 4 is 35.1 Å². The summed E-state index contributed by atoms with van der Waals surface area (Å²) in [7, 11) is 0. The second kappa shape index (κ2) is 8.00. The zero-order valence-electron chi connectivity index (χ0n) is 11.4. The molecule has 0 amide bonds. The van der Waals surface area contributed by atoms with Crippen molar-refractivity contribution < 1.29 is 23.5 Å². The minimum Gasteiger partial charge on any atom is -0.501 e. The highest BCUT2D eigenvalue weighted by Gasteiger charge is 2.20. The van der Waals surface area contributed by atoms with Crippen molar-refractivity contribution in [2.45, 2.75) is 20.3 Å². The van der Waals surface area contributed by atoms with Gasteiger partial charge in [-0.3, -0.25) is 0 Å². The van der Waals surface area contributed by atoms with Crippen LogP contribution in [0.3, 0.4) is 0 Å². The van der Waals surface area contributed by atoms with E-state index in [1.165, 1.54) is 6.26 Å². The van der Waals surface area contributed by atoms with E-state index in [0.717, 1.165) is 12.1 Å². The second-order valence-electron chi connectivity index (χ2n) is 3.88. The third-order valence-corrected chi connectivity index (χ3v) is 3.05. The molecule has 0 unspecified atom stereocenters. The Labute approximate surface area is 131 Å². The molecule has 0 atom stereocenters. The van der Waals surface area contributed by atoms with Crippen LogP contribution in [0.25, 0.3) is 0 Å². The molecule has 7 heteroatoms. The van der Waals surface area contributed by atoms with E-state index in [9.17, 15) is 14.0 Å². The van der Waals surface area contributed by atoms with E-state index in [4.69, 9.17) is 27.9 Å². The van der Waals surface area contributed by atoms with Crippen LogP contribution < -0.4 is 0 Å². The van der Waals surface area contributed by atoms with Crippen molar-refractivity contribution in [1.29, 1.82) is 0 Å². The van der Waals surface area contributed by atoms with Gasteiger partial charge in [0.1, 0.15) is 5.82 Å². The average molecular weight is 335 g/mol. The molecular formula is C14H13Cl2FO4. The maximum atomic E-state index is 13.3. The van der Waals surface area contributed by atoms with Gasteiger partial charge in [0.25, 0.3) is 0 Å². The van der Waals surface area contributed by atoms with Crippen LogP contribution in [0, 0.1) is 5.82 Å². The predicted molar refractivity (Wildman–Crippen MR) is 76.8 cm³/mol. The number of halogens is 3. The summed E-state index contributed by atoms with van der Waals surface area (Å²) in [6.07, 6.45) is 1.54. The first-order chi connectivity index (χ1) is 9.90. The van der Waals surface area contributed by atoms with Crippen LogP contribution in [0.5, 0.6) is 0 Å². The number of hydrogen-bond acceptors (Lipinski definition) is 4. The number of hydrogen-bond donors (Lipinski definition) is 0. The van der Waals surface area contributed by atoms with Gasteiger partial charge in [-0.05, 0) is 25.5 Å². The Morgan fingerprint density at radius 1 is 1.24 bits per heavy atom. The highest BCUT2D eigenvalue weighted by atomic mass is 35.5. The first-order valence-electron chi connectivity index (χ1n) is 6.12. The summed E-state index contributed by atoms with van der Waals surface area (Å²) in [6, 6.07) is 1.88. The molecule has 0 saturated heterocycles. The first-order valence-corrected chi connectivity index (χ1v) is 6.87. The summed E-state index contributed by atoms with van der Waals surface area (Å²) < 4.78 is 23.0. The van der Waals surface area contributed by atoms with Crippen LogP contribution >= 0.6 is 23.2 Å². The Hall–Kier alpha value is -1.59. The standard InChI is InChI=1S/C14H13Cl2FO4/c1-3-8(7-20-4-2)13(18)21-14(19)9-5-12(17)11(16)6-10(9)15/h5-7H,3-4H2,1-2H3. The van der Waals surface area contributed by atoms with E-state index >= 15 is 0 Å². The van der Waals surface area contributed by atoms with Crippen molar-refractivity contribution in [3.05, 3.63) is 45.4 Å². The van der Waals surface area contributed by atoms with E-state index in [2.05, 4.69) is 4.74 Å². The van der Waals surface area contributed by atoms with Gasteiger partial charge in [0, 0.05) is 0 Å². The molecule has 0 saturated carbocycles. The fourth-order valence-electron chi connectivity index (χ4n) is 1.34. The van der Waals surface area contributed by atoms with Crippen molar-refractivity contribution in [3.8, 4) is 0 Å². The van der Waals surface area contributed by atoms with Gasteiger partial charge in [-0.1, -0.05) is 30.1 Å². The number of carbonyl (C=O) groups excluding carboxylic acids is 2. The zero-order chi connectivity index (χ0) is 16.0. The van der Waals surface area contributed by atoms with E-state index < -0.39 is 17.8 Å². The zero-order valence-corrected chi connectivity index (χ0v) is 12.9. The molecule has 0 fully saturated rings. The molecule has 0 aliphatic heterocycles. The summed E-state index contributed by atoms with van der Waals surface area (Å²) in [5, 5.41) is -0.334. The van der Waals surface area contributed by atoms with Gasteiger partial charge in [0.15, 0.2) is 0 Å². The number of ether oxygens (including phenoxy) is 2. The number of esters is 2. The normalized spacial score (nSPS) is 11.2. The summed E-state index contributed by atoms with van der Waals surface area (Å²) in [5.74, 6) is -2.76. The minimum absolute atomic E-state index is 0.106. The topological polar surface area (TPSA) is 52.6 Å². The minimum atomic E-state index is -1.06. The summed E-state index contributed by atoms with van der Waals surface area (Å²) in [4.78, 5) is 23.6. The Kier molecular flexibility index (Phi) is 6.65. The first kappa shape index (κ1) is 17.5. The monoisotopic (exact) mass is 334 g/mol. The Balaban J connectivity index is 2.91. The lowest BCUT2D eigenvalue weighted by molar-refractivity contribution is -0.133. The SMILES string of the molecule is CCOC=C(CC)C(=O)OC(=O)c1cc(F)c(Cl)cc1Cl. The number of carbonyl (C=O) groups is 2. The Bertz CT molecular complexity index is 585. The van der Waals surface area contributed by atoms with Gasteiger partial charge in [0.05, 0.1) is 34.1 Å². The Morgan fingerprint density at radius 2 is 1.90 bits per heavy atom. The predicted octanol–water partition coefficient (Wildman–Crippen LogP) is 4.15. The quantitative estimate of drug-likeness (QED) is 0.267. The molecule has 1 aromatic carbocycles. The molecule has 0 radical (unpaired) electrons. The smallest absolute Gasteiger partial charge is 0.347 e. The summed E-state index contributed by atoms with van der Waals surface area (Å²) in [5.41, 5.74) is -0.102. The second-order valence-corrected chi connectivity index (χ2v) is 4.69. The maximum Gasteiger partial charge on any atom is 0.347 e. The van der Waals surface area contributed by atoms with Crippen LogP contribution in [0.15, 0.2) is 24.0 Å². The van der Waals surface area contributed by atoms with Crippen LogP contribution in [-0.2, 0) is 14.3 Å². The summed E-state index contributed by atoms with van der Waals surface area (Å²) >= 11 is 11.3. The fourth-order valence-corrected chi connectivity index (χ4v) is 1.80. The highest BCUT2D eigenvalue weighted by Crippen LogP contribution is 2.25. The molecule has 0 spiro atoms. The largest absolute Gasteiger partial charge is 0.501 e. The van der Waals surface area contributed by atoms with Crippen LogP contribution in [-0.4, -0.2) is 18.5 Å². The van der Waals surface area contributed by atoms with Crippen LogP contribution in [0.4, 0.5) is 4.39 Å². The molecule has 1 rings (SSSR count). The highest BCUT2D eigenvalue weighted by molar-refractivity contribution is 6.36. The Morgan fingerprint density at radius 3 is 2.48 bits per heavy atom. The molecule has 0 N–H and O–H groups in total. The van der Waals surface area contributed by atoms with Gasteiger partial charge in [0.2, 0.25) is 0 Å². The van der Waals surface area contributed by atoms with Crippen LogP contribution in [0.1, 0.15) is 30.6 Å². The molecule has 21 heavy (non-hydrogen) atoms. The van der Waals surface area contributed by atoms with Gasteiger partial charge in [-0.25, -0.2) is 14.0 Å². The molecule has 114 valence electrons. The molecule has 0 heterocycles. The van der Waals surface area contributed by atoms with E-state index in [0.29, 0.717) is 13.0 Å². The van der Waals surface area contributed by atoms with Crippen molar-refractivity contribution in [1.82, 2.24) is 0 Å². The van der Waals surface area contributed by atoms with Gasteiger partial charge < -0.3 is 9.47 Å². The molecular weight excluding hydrogens is 322 g/mol. The fraction of sp³-hybridized carbons (Fsp3) is 0.286. The molecule has 0 aliphatic rings. The number of rotatable bonds is 5. The van der Waals surface area contributed by atoms with E-state index in [1.54, 1.807) is 13.8 Å². The molecule has 0 aromatic heterocycles. The maximum absolute atomic E-state index is 13.3. The average Bonchev–Trinajstić information content (AvgIpc) is 2.43. The number of benzene rings is 1. The third-order valence-electron chi connectivity index (χ3n) is 2.45. The molecule has 0 aliphatic carbocycles. The molecule has 4 nitrogen and oxygen atoms in total. The summed E-state index contributed by atoms with van der Waals surface area (Å²) in [6.45, 7) is 3.82. The van der Waals surface area contributed by atoms with E-state index in [-0.39, 0.29) is 21.2 Å². The molecule has 0 bridgehead atoms. The molecule has 1 aromatic rings. The van der Waals surface area contributed by atoms with Crippen molar-refractivity contribution in [2.24, 2.45) is 0 Å². The third kappa shape index (κ3) is 4.72.